The molecule has 0 aliphatic carbocycles. The van der Waals surface area contributed by atoms with Gasteiger partial charge in [-0.1, -0.05) is 6.92 Å². The summed E-state index contributed by atoms with van der Waals surface area (Å²) in [5, 5.41) is 6.38. The van der Waals surface area contributed by atoms with Gasteiger partial charge in [-0.3, -0.25) is 0 Å². The van der Waals surface area contributed by atoms with Crippen molar-refractivity contribution in [2.45, 2.75) is 39.3 Å². The van der Waals surface area contributed by atoms with Crippen molar-refractivity contribution in [3.8, 4) is 6.01 Å². The largest absolute Gasteiger partial charge is 0.461 e. The van der Waals surface area contributed by atoms with Crippen LogP contribution < -0.4 is 15.4 Å². The van der Waals surface area contributed by atoms with E-state index in [-0.39, 0.29) is 6.10 Å². The number of anilines is 2. The third-order valence-corrected chi connectivity index (χ3v) is 3.60. The molecule has 2 rings (SSSR count). The molecule has 0 spiro atoms. The van der Waals surface area contributed by atoms with E-state index in [1.54, 1.807) is 7.05 Å². The van der Waals surface area contributed by atoms with E-state index in [0.29, 0.717) is 29.9 Å². The van der Waals surface area contributed by atoms with Crippen LogP contribution in [0, 0.1) is 5.92 Å². The molecular formula is C14H26N6O. The molecule has 0 saturated carbocycles. The smallest absolute Gasteiger partial charge is 0.323 e. The zero-order valence-corrected chi connectivity index (χ0v) is 13.6. The number of nitrogens with zero attached hydrogens (tertiary/aromatic N) is 4. The maximum absolute atomic E-state index is 5.58. The molecule has 0 bridgehead atoms. The van der Waals surface area contributed by atoms with Crippen molar-refractivity contribution in [1.29, 1.82) is 0 Å². The SMILES string of the molecule is CNc1nc(NC2CCN(C)CC2C)nc(OC(C)C)n1. The highest BCUT2D eigenvalue weighted by Gasteiger charge is 2.25. The van der Waals surface area contributed by atoms with Crippen LogP contribution in [0.25, 0.3) is 0 Å². The van der Waals surface area contributed by atoms with Crippen molar-refractivity contribution in [2.24, 2.45) is 5.92 Å². The molecule has 1 saturated heterocycles. The minimum Gasteiger partial charge on any atom is -0.461 e. The molecule has 2 heterocycles. The number of hydrogen-bond donors (Lipinski definition) is 2. The quantitative estimate of drug-likeness (QED) is 0.851. The lowest BCUT2D eigenvalue weighted by Gasteiger charge is -2.35. The Balaban J connectivity index is 2.11. The summed E-state index contributed by atoms with van der Waals surface area (Å²) in [5.41, 5.74) is 0. The van der Waals surface area contributed by atoms with Gasteiger partial charge in [0, 0.05) is 19.6 Å². The van der Waals surface area contributed by atoms with Gasteiger partial charge in [0.2, 0.25) is 11.9 Å². The summed E-state index contributed by atoms with van der Waals surface area (Å²) in [5.74, 6) is 1.64. The molecule has 1 aliphatic heterocycles. The van der Waals surface area contributed by atoms with Gasteiger partial charge in [-0.05, 0) is 39.8 Å². The fraction of sp³-hybridized carbons (Fsp3) is 0.786. The zero-order valence-electron chi connectivity index (χ0n) is 13.6. The summed E-state index contributed by atoms with van der Waals surface area (Å²) in [6.45, 7) is 8.32. The van der Waals surface area contributed by atoms with Crippen LogP contribution in [0.5, 0.6) is 6.01 Å². The summed E-state index contributed by atoms with van der Waals surface area (Å²) in [6, 6.07) is 0.729. The molecule has 21 heavy (non-hydrogen) atoms. The van der Waals surface area contributed by atoms with Crippen LogP contribution >= 0.6 is 0 Å². The van der Waals surface area contributed by atoms with Gasteiger partial charge in [-0.2, -0.15) is 15.0 Å². The Labute approximate surface area is 126 Å². The van der Waals surface area contributed by atoms with Gasteiger partial charge >= 0.3 is 6.01 Å². The molecule has 1 fully saturated rings. The van der Waals surface area contributed by atoms with Gasteiger partial charge in [0.15, 0.2) is 0 Å². The third-order valence-electron chi connectivity index (χ3n) is 3.60. The van der Waals surface area contributed by atoms with Crippen LogP contribution in [0.3, 0.4) is 0 Å². The van der Waals surface area contributed by atoms with Gasteiger partial charge in [-0.15, -0.1) is 0 Å². The average Bonchev–Trinajstić information content (AvgIpc) is 2.41. The number of likely N-dealkylation sites (tertiary alicyclic amines) is 1. The van der Waals surface area contributed by atoms with Crippen LogP contribution in [0.1, 0.15) is 27.2 Å². The molecule has 0 aromatic carbocycles. The molecule has 7 heteroatoms. The lowest BCUT2D eigenvalue weighted by atomic mass is 9.94. The van der Waals surface area contributed by atoms with E-state index in [0.717, 1.165) is 19.5 Å². The first-order valence-electron chi connectivity index (χ1n) is 7.53. The molecule has 1 aromatic rings. The highest BCUT2D eigenvalue weighted by Crippen LogP contribution is 2.20. The maximum Gasteiger partial charge on any atom is 0.323 e. The Morgan fingerprint density at radius 1 is 1.24 bits per heavy atom. The second kappa shape index (κ2) is 6.89. The second-order valence-corrected chi connectivity index (χ2v) is 5.96. The first-order chi connectivity index (χ1) is 9.97. The van der Waals surface area contributed by atoms with Crippen molar-refractivity contribution >= 4 is 11.9 Å². The number of aromatic nitrogens is 3. The minimum atomic E-state index is 0.0345. The first-order valence-corrected chi connectivity index (χ1v) is 7.53. The van der Waals surface area contributed by atoms with E-state index in [1.807, 2.05) is 13.8 Å². The summed E-state index contributed by atoms with van der Waals surface area (Å²) < 4.78 is 5.58. The van der Waals surface area contributed by atoms with Crippen LogP contribution in [0.2, 0.25) is 0 Å². The number of hydrogen-bond acceptors (Lipinski definition) is 7. The molecule has 118 valence electrons. The summed E-state index contributed by atoms with van der Waals surface area (Å²) >= 11 is 0. The zero-order chi connectivity index (χ0) is 15.4. The highest BCUT2D eigenvalue weighted by molar-refractivity contribution is 5.36. The maximum atomic E-state index is 5.58. The Bertz CT molecular complexity index is 467. The fourth-order valence-electron chi connectivity index (χ4n) is 2.53. The second-order valence-electron chi connectivity index (χ2n) is 5.96. The van der Waals surface area contributed by atoms with Gasteiger partial charge in [-0.25, -0.2) is 0 Å². The van der Waals surface area contributed by atoms with Crippen LogP contribution in [0.15, 0.2) is 0 Å². The Morgan fingerprint density at radius 2 is 1.95 bits per heavy atom. The number of rotatable bonds is 5. The molecular weight excluding hydrogens is 268 g/mol. The Morgan fingerprint density at radius 3 is 2.57 bits per heavy atom. The average molecular weight is 294 g/mol. The van der Waals surface area contributed by atoms with Crippen molar-refractivity contribution in [3.05, 3.63) is 0 Å². The van der Waals surface area contributed by atoms with Gasteiger partial charge in [0.1, 0.15) is 0 Å². The predicted molar refractivity (Wildman–Crippen MR) is 83.8 cm³/mol. The molecule has 0 radical (unpaired) electrons. The van der Waals surface area contributed by atoms with Gasteiger partial charge in [0.05, 0.1) is 6.10 Å². The normalized spacial score (nSPS) is 23.1. The molecule has 7 nitrogen and oxygen atoms in total. The van der Waals surface area contributed by atoms with Gasteiger partial charge in [0.25, 0.3) is 0 Å². The summed E-state index contributed by atoms with van der Waals surface area (Å²) in [6.07, 6.45) is 1.12. The molecule has 2 N–H and O–H groups in total. The van der Waals surface area contributed by atoms with E-state index < -0.39 is 0 Å². The van der Waals surface area contributed by atoms with Gasteiger partial charge < -0.3 is 20.3 Å². The van der Waals surface area contributed by atoms with Crippen molar-refractivity contribution in [1.82, 2.24) is 19.9 Å². The molecule has 0 amide bonds. The molecule has 1 aliphatic rings. The molecule has 2 atom stereocenters. The van der Waals surface area contributed by atoms with Crippen molar-refractivity contribution in [3.63, 3.8) is 0 Å². The van der Waals surface area contributed by atoms with E-state index in [9.17, 15) is 0 Å². The van der Waals surface area contributed by atoms with E-state index >= 15 is 0 Å². The predicted octanol–water partition coefficient (Wildman–Crippen LogP) is 1.45. The lowest BCUT2D eigenvalue weighted by molar-refractivity contribution is 0.205. The highest BCUT2D eigenvalue weighted by atomic mass is 16.5. The van der Waals surface area contributed by atoms with E-state index in [1.165, 1.54) is 0 Å². The minimum absolute atomic E-state index is 0.0345. The van der Waals surface area contributed by atoms with E-state index in [4.69, 9.17) is 4.74 Å². The topological polar surface area (TPSA) is 75.2 Å². The summed E-state index contributed by atoms with van der Waals surface area (Å²) in [7, 11) is 3.94. The lowest BCUT2D eigenvalue weighted by Crippen LogP contribution is -2.43. The monoisotopic (exact) mass is 294 g/mol. The first kappa shape index (κ1) is 15.8. The number of nitrogens with one attached hydrogen (secondary N) is 2. The molecule has 2 unspecified atom stereocenters. The number of ether oxygens (including phenoxy) is 1. The third kappa shape index (κ3) is 4.42. The van der Waals surface area contributed by atoms with Crippen LogP contribution in [0.4, 0.5) is 11.9 Å². The summed E-state index contributed by atoms with van der Waals surface area (Å²) in [4.78, 5) is 15.3. The Hall–Kier alpha value is -1.63. The van der Waals surface area contributed by atoms with Crippen molar-refractivity contribution in [2.75, 3.05) is 37.8 Å². The molecule has 1 aromatic heterocycles. The van der Waals surface area contributed by atoms with E-state index in [2.05, 4.69) is 44.5 Å². The Kier molecular flexibility index (Phi) is 5.17. The number of piperidine rings is 1. The van der Waals surface area contributed by atoms with Crippen molar-refractivity contribution < 1.29 is 4.74 Å². The van der Waals surface area contributed by atoms with Crippen LogP contribution in [-0.4, -0.2) is 59.2 Å². The fourth-order valence-corrected chi connectivity index (χ4v) is 2.53. The van der Waals surface area contributed by atoms with Crippen LogP contribution in [-0.2, 0) is 0 Å². The standard InChI is InChI=1S/C14H26N6O/c1-9(2)21-14-18-12(15-4)17-13(19-14)16-11-6-7-20(5)8-10(11)3/h9-11H,6-8H2,1-5H3,(H2,15,16,17,18,19).